The summed E-state index contributed by atoms with van der Waals surface area (Å²) >= 11 is 0. The van der Waals surface area contributed by atoms with Gasteiger partial charge in [-0.3, -0.25) is 4.90 Å². The molecule has 0 amide bonds. The van der Waals surface area contributed by atoms with Crippen LogP contribution in [-0.2, 0) is 6.42 Å². The van der Waals surface area contributed by atoms with Crippen molar-refractivity contribution in [2.75, 3.05) is 44.4 Å². The predicted octanol–water partition coefficient (Wildman–Crippen LogP) is 2.41. The molecular formula is C17H22Cl2N4O2. The number of halogens is 2. The molecule has 1 aromatic heterocycles. The lowest BCUT2D eigenvalue weighted by Gasteiger charge is -2.34. The predicted molar refractivity (Wildman–Crippen MR) is 101 cm³/mol. The minimum absolute atomic E-state index is 0. The first-order valence-electron chi connectivity index (χ1n) is 8.01. The number of fused-ring (bicyclic) bond motifs is 1. The van der Waals surface area contributed by atoms with Crippen molar-refractivity contribution in [3.8, 4) is 11.5 Å². The van der Waals surface area contributed by atoms with Crippen LogP contribution in [0, 0.1) is 0 Å². The molecule has 0 radical (unpaired) electrons. The van der Waals surface area contributed by atoms with Gasteiger partial charge in [0.05, 0.1) is 0 Å². The summed E-state index contributed by atoms with van der Waals surface area (Å²) in [5, 5.41) is 0. The molecule has 2 aliphatic rings. The van der Waals surface area contributed by atoms with Gasteiger partial charge in [-0.05, 0) is 30.2 Å². The zero-order valence-electron chi connectivity index (χ0n) is 13.8. The van der Waals surface area contributed by atoms with Crippen LogP contribution in [0.5, 0.6) is 11.5 Å². The second-order valence-corrected chi connectivity index (χ2v) is 5.82. The molecule has 1 saturated heterocycles. The van der Waals surface area contributed by atoms with Gasteiger partial charge in [-0.25, -0.2) is 9.97 Å². The highest BCUT2D eigenvalue weighted by Gasteiger charge is 2.19. The highest BCUT2D eigenvalue weighted by molar-refractivity contribution is 5.85. The quantitative estimate of drug-likeness (QED) is 0.806. The van der Waals surface area contributed by atoms with E-state index in [9.17, 15) is 0 Å². The van der Waals surface area contributed by atoms with Crippen LogP contribution in [0.3, 0.4) is 0 Å². The van der Waals surface area contributed by atoms with Gasteiger partial charge in [0.2, 0.25) is 12.7 Å². The third kappa shape index (κ3) is 4.66. The van der Waals surface area contributed by atoms with Gasteiger partial charge in [0.25, 0.3) is 0 Å². The number of hydrogen-bond acceptors (Lipinski definition) is 6. The fraction of sp³-hybridized carbons (Fsp3) is 0.412. The molecule has 0 N–H and O–H groups in total. The summed E-state index contributed by atoms with van der Waals surface area (Å²) in [5.41, 5.74) is 1.29. The molecule has 1 aromatic carbocycles. The maximum Gasteiger partial charge on any atom is 0.231 e. The van der Waals surface area contributed by atoms with Crippen molar-refractivity contribution < 1.29 is 9.47 Å². The minimum atomic E-state index is 0. The van der Waals surface area contributed by atoms with E-state index in [4.69, 9.17) is 9.47 Å². The molecule has 0 aliphatic carbocycles. The summed E-state index contributed by atoms with van der Waals surface area (Å²) in [7, 11) is 0. The molecule has 0 atom stereocenters. The van der Waals surface area contributed by atoms with E-state index in [-0.39, 0.29) is 24.8 Å². The zero-order chi connectivity index (χ0) is 15.5. The number of anilines is 1. The van der Waals surface area contributed by atoms with Gasteiger partial charge in [-0.15, -0.1) is 24.8 Å². The maximum absolute atomic E-state index is 5.44. The summed E-state index contributed by atoms with van der Waals surface area (Å²) in [6.45, 7) is 5.44. The van der Waals surface area contributed by atoms with Crippen LogP contribution in [-0.4, -0.2) is 54.4 Å². The number of aromatic nitrogens is 2. The molecule has 0 unspecified atom stereocenters. The van der Waals surface area contributed by atoms with Crippen molar-refractivity contribution in [3.05, 3.63) is 42.2 Å². The maximum atomic E-state index is 5.44. The Morgan fingerprint density at radius 3 is 2.40 bits per heavy atom. The van der Waals surface area contributed by atoms with Gasteiger partial charge in [-0.2, -0.15) is 0 Å². The normalized spacial score (nSPS) is 16.1. The zero-order valence-corrected chi connectivity index (χ0v) is 15.5. The van der Waals surface area contributed by atoms with Crippen LogP contribution in [0.2, 0.25) is 0 Å². The average molecular weight is 385 g/mol. The smallest absolute Gasteiger partial charge is 0.231 e. The van der Waals surface area contributed by atoms with E-state index < -0.39 is 0 Å². The van der Waals surface area contributed by atoms with E-state index in [0.717, 1.165) is 56.6 Å². The monoisotopic (exact) mass is 384 g/mol. The van der Waals surface area contributed by atoms with Crippen molar-refractivity contribution in [2.24, 2.45) is 0 Å². The first-order valence-corrected chi connectivity index (χ1v) is 8.01. The minimum Gasteiger partial charge on any atom is -0.454 e. The molecule has 2 aliphatic heterocycles. The van der Waals surface area contributed by atoms with Crippen LogP contribution in [0.4, 0.5) is 5.95 Å². The Labute approximate surface area is 160 Å². The summed E-state index contributed by atoms with van der Waals surface area (Å²) in [4.78, 5) is 13.4. The largest absolute Gasteiger partial charge is 0.454 e. The number of nitrogens with zero attached hydrogens (tertiary/aromatic N) is 4. The van der Waals surface area contributed by atoms with E-state index in [0.29, 0.717) is 6.79 Å². The summed E-state index contributed by atoms with van der Waals surface area (Å²) in [6, 6.07) is 8.07. The number of piperazine rings is 1. The Balaban J connectivity index is 0.00000113. The first kappa shape index (κ1) is 19.6. The third-order valence-corrected chi connectivity index (χ3v) is 4.36. The molecule has 0 spiro atoms. The van der Waals surface area contributed by atoms with E-state index >= 15 is 0 Å². The standard InChI is InChI=1S/C17H20N4O2.2ClH/c1-5-18-17(19-6-1)21-10-8-20(9-11-21)7-4-14-2-3-15-16(12-14)23-13-22-15;;/h1-3,5-6,12H,4,7-11,13H2;2*1H. The molecular weight excluding hydrogens is 363 g/mol. The number of ether oxygens (including phenoxy) is 2. The molecule has 0 saturated carbocycles. The van der Waals surface area contributed by atoms with E-state index in [1.807, 2.05) is 12.1 Å². The lowest BCUT2D eigenvalue weighted by atomic mass is 10.1. The Kier molecular flexibility index (Phi) is 7.11. The lowest BCUT2D eigenvalue weighted by molar-refractivity contribution is 0.174. The van der Waals surface area contributed by atoms with Crippen molar-refractivity contribution in [2.45, 2.75) is 6.42 Å². The SMILES string of the molecule is Cl.Cl.c1cnc(N2CCN(CCc3ccc4c(c3)OCO4)CC2)nc1. The third-order valence-electron chi connectivity index (χ3n) is 4.36. The second-order valence-electron chi connectivity index (χ2n) is 5.82. The fourth-order valence-corrected chi connectivity index (χ4v) is 3.01. The molecule has 0 bridgehead atoms. The van der Waals surface area contributed by atoms with Crippen molar-refractivity contribution in [1.82, 2.24) is 14.9 Å². The Bertz CT molecular complexity index is 667. The Morgan fingerprint density at radius 2 is 1.64 bits per heavy atom. The Morgan fingerprint density at radius 1 is 0.920 bits per heavy atom. The van der Waals surface area contributed by atoms with Gasteiger partial charge >= 0.3 is 0 Å². The number of rotatable bonds is 4. The van der Waals surface area contributed by atoms with Crippen molar-refractivity contribution >= 4 is 30.8 Å². The second kappa shape index (κ2) is 9.08. The highest BCUT2D eigenvalue weighted by atomic mass is 35.5. The van der Waals surface area contributed by atoms with Gasteiger partial charge in [0.1, 0.15) is 0 Å². The van der Waals surface area contributed by atoms with Crippen molar-refractivity contribution in [1.29, 1.82) is 0 Å². The molecule has 136 valence electrons. The summed E-state index contributed by atoms with van der Waals surface area (Å²) < 4.78 is 10.8. The molecule has 3 heterocycles. The molecule has 1 fully saturated rings. The Hall–Kier alpha value is -1.76. The molecule has 2 aromatic rings. The van der Waals surface area contributed by atoms with Gasteiger partial charge in [-0.1, -0.05) is 6.07 Å². The van der Waals surface area contributed by atoms with Crippen LogP contribution >= 0.6 is 24.8 Å². The molecule has 8 heteroatoms. The molecule has 25 heavy (non-hydrogen) atoms. The fourth-order valence-electron chi connectivity index (χ4n) is 3.01. The van der Waals surface area contributed by atoms with Gasteiger partial charge < -0.3 is 14.4 Å². The highest BCUT2D eigenvalue weighted by Crippen LogP contribution is 2.32. The number of benzene rings is 1. The lowest BCUT2D eigenvalue weighted by Crippen LogP contribution is -2.47. The van der Waals surface area contributed by atoms with Gasteiger partial charge in [0.15, 0.2) is 11.5 Å². The van der Waals surface area contributed by atoms with E-state index in [2.05, 4.69) is 31.9 Å². The van der Waals surface area contributed by atoms with Crippen molar-refractivity contribution in [3.63, 3.8) is 0 Å². The van der Waals surface area contributed by atoms with Crippen LogP contribution in [0.1, 0.15) is 5.56 Å². The summed E-state index contributed by atoms with van der Waals surface area (Å²) in [5.74, 6) is 2.56. The van der Waals surface area contributed by atoms with E-state index in [1.54, 1.807) is 12.4 Å². The average Bonchev–Trinajstić information content (AvgIpc) is 3.09. The van der Waals surface area contributed by atoms with Gasteiger partial charge in [0, 0.05) is 45.1 Å². The van der Waals surface area contributed by atoms with Crippen LogP contribution in [0.25, 0.3) is 0 Å². The molecule has 6 nitrogen and oxygen atoms in total. The number of hydrogen-bond donors (Lipinski definition) is 0. The van der Waals surface area contributed by atoms with E-state index in [1.165, 1.54) is 5.56 Å². The van der Waals surface area contributed by atoms with Crippen LogP contribution in [0.15, 0.2) is 36.7 Å². The van der Waals surface area contributed by atoms with Crippen LogP contribution < -0.4 is 14.4 Å². The summed E-state index contributed by atoms with van der Waals surface area (Å²) in [6.07, 6.45) is 4.63. The first-order chi connectivity index (χ1) is 11.4. The topological polar surface area (TPSA) is 50.7 Å². The molecule has 4 rings (SSSR count).